The van der Waals surface area contributed by atoms with Crippen LogP contribution in [-0.2, 0) is 0 Å². The van der Waals surface area contributed by atoms with Crippen LogP contribution in [0.2, 0.25) is 0 Å². The first-order valence-electron chi connectivity index (χ1n) is 27.5. The van der Waals surface area contributed by atoms with Crippen molar-refractivity contribution < 1.29 is 0 Å². The number of para-hydroxylation sites is 4. The standard InChI is InChI=1S/C72H53B2N4/c1-41-35-43(3)63(44(4)36-41)47-31-33-57-53(39-47)66-67-52-24-18-30-62-70(52)74(56-26-14-16-28-60(56)77(62)50-21-11-8-12-22-50)78-58-34-32-48(64-45(5)37-42(2)38-46(64)6)40-54(58)68(72(67)78)65(71(66)75-57)51-23-17-29-61-69(51)73-55-25-13-15-27-59(55)76(61)49-19-9-7-10-20-49/h7-40,75H,1-6H3. The fraction of sp³-hybridized carbons (Fsp3) is 0.0833. The van der Waals surface area contributed by atoms with Crippen LogP contribution in [-0.4, -0.2) is 23.6 Å². The Balaban J connectivity index is 1.12. The molecule has 0 atom stereocenters. The van der Waals surface area contributed by atoms with Crippen molar-refractivity contribution in [1.82, 2.24) is 9.46 Å². The lowest BCUT2D eigenvalue weighted by atomic mass is 9.45. The Kier molecular flexibility index (Phi) is 9.59. The molecule has 11 aromatic carbocycles. The van der Waals surface area contributed by atoms with Crippen molar-refractivity contribution >= 4 is 114 Å². The molecular formula is C72H53B2N4. The lowest BCUT2D eigenvalue weighted by Crippen LogP contribution is -2.56. The van der Waals surface area contributed by atoms with Gasteiger partial charge in [0.25, 0.3) is 0 Å². The molecule has 2 aromatic heterocycles. The summed E-state index contributed by atoms with van der Waals surface area (Å²) in [5, 5.41) is 4.98. The summed E-state index contributed by atoms with van der Waals surface area (Å²) in [5.41, 5.74) is 34.5. The molecule has 6 heteroatoms. The molecule has 0 amide bonds. The first-order valence-corrected chi connectivity index (χ1v) is 27.5. The molecule has 16 rings (SSSR count). The van der Waals surface area contributed by atoms with E-state index in [-0.39, 0.29) is 6.85 Å². The second-order valence-electron chi connectivity index (χ2n) is 22.2. The highest BCUT2D eigenvalue weighted by molar-refractivity contribution is 6.90. The number of hydrogen-bond acceptors (Lipinski definition) is 2. The summed E-state index contributed by atoms with van der Waals surface area (Å²) in [6, 6.07) is 77.8. The molecule has 1 N–H and O–H groups in total. The zero-order valence-electron chi connectivity index (χ0n) is 44.6. The fourth-order valence-corrected chi connectivity index (χ4v) is 14.7. The van der Waals surface area contributed by atoms with Crippen LogP contribution < -0.4 is 31.7 Å². The summed E-state index contributed by atoms with van der Waals surface area (Å²) >= 11 is 0. The molecule has 0 unspecified atom stereocenters. The van der Waals surface area contributed by atoms with Crippen molar-refractivity contribution in [2.24, 2.45) is 0 Å². The van der Waals surface area contributed by atoms with E-state index in [0.717, 1.165) is 28.1 Å². The molecule has 0 aliphatic carbocycles. The molecule has 1 radical (unpaired) electrons. The third kappa shape index (κ3) is 6.26. The summed E-state index contributed by atoms with van der Waals surface area (Å²) in [6.45, 7) is 13.4. The van der Waals surface area contributed by atoms with Gasteiger partial charge in [0.05, 0.1) is 5.52 Å². The van der Waals surface area contributed by atoms with Gasteiger partial charge in [-0.05, 0) is 186 Å². The maximum absolute atomic E-state index is 4.25. The van der Waals surface area contributed by atoms with Gasteiger partial charge in [0.2, 0.25) is 0 Å². The smallest absolute Gasteiger partial charge is 0.333 e. The zero-order chi connectivity index (χ0) is 52.2. The van der Waals surface area contributed by atoms with Crippen LogP contribution in [0.5, 0.6) is 0 Å². The van der Waals surface area contributed by atoms with Crippen LogP contribution in [0.4, 0.5) is 34.1 Å². The molecule has 78 heavy (non-hydrogen) atoms. The van der Waals surface area contributed by atoms with E-state index in [1.807, 2.05) is 0 Å². The third-order valence-corrected chi connectivity index (χ3v) is 17.4. The maximum Gasteiger partial charge on any atom is 0.333 e. The topological polar surface area (TPSA) is 27.2 Å². The number of fused-ring (bicyclic) bond motifs is 13. The van der Waals surface area contributed by atoms with Gasteiger partial charge in [0, 0.05) is 83.3 Å². The Morgan fingerprint density at radius 2 is 0.974 bits per heavy atom. The van der Waals surface area contributed by atoms with Gasteiger partial charge < -0.3 is 19.3 Å². The normalized spacial score (nSPS) is 13.0. The minimum Gasteiger partial charge on any atom is -0.375 e. The molecule has 0 bridgehead atoms. The summed E-state index contributed by atoms with van der Waals surface area (Å²) in [7, 11) is 2.45. The minimum absolute atomic E-state index is 0.116. The van der Waals surface area contributed by atoms with E-state index in [1.165, 1.54) is 149 Å². The van der Waals surface area contributed by atoms with Gasteiger partial charge in [-0.3, -0.25) is 0 Å². The number of nitrogens with zero attached hydrogens (tertiary/aromatic N) is 3. The van der Waals surface area contributed by atoms with Crippen molar-refractivity contribution in [3.8, 4) is 44.5 Å². The third-order valence-electron chi connectivity index (χ3n) is 17.4. The van der Waals surface area contributed by atoms with Crippen LogP contribution in [0, 0.1) is 41.5 Å². The van der Waals surface area contributed by atoms with E-state index in [9.17, 15) is 0 Å². The lowest BCUT2D eigenvalue weighted by molar-refractivity contribution is 1.26. The number of H-pyrrole nitrogens is 1. The number of benzene rings is 11. The van der Waals surface area contributed by atoms with Crippen LogP contribution in [0.1, 0.15) is 33.4 Å². The molecule has 0 saturated carbocycles. The van der Waals surface area contributed by atoms with Crippen LogP contribution in [0.15, 0.2) is 206 Å². The highest BCUT2D eigenvalue weighted by Crippen LogP contribution is 2.54. The van der Waals surface area contributed by atoms with E-state index in [0.29, 0.717) is 0 Å². The predicted octanol–water partition coefficient (Wildman–Crippen LogP) is 16.1. The second-order valence-corrected chi connectivity index (χ2v) is 22.2. The molecular weight excluding hydrogens is 942 g/mol. The molecule has 4 nitrogen and oxygen atoms in total. The molecule has 3 aliphatic heterocycles. The van der Waals surface area contributed by atoms with Gasteiger partial charge in [0.15, 0.2) is 7.28 Å². The first kappa shape index (κ1) is 45.0. The minimum atomic E-state index is -0.116. The van der Waals surface area contributed by atoms with Gasteiger partial charge in [-0.2, -0.15) is 0 Å². The molecule has 0 fully saturated rings. The number of anilines is 6. The second kappa shape index (κ2) is 16.6. The summed E-state index contributed by atoms with van der Waals surface area (Å²) in [6.07, 6.45) is 0. The fourth-order valence-electron chi connectivity index (χ4n) is 14.7. The van der Waals surface area contributed by atoms with Gasteiger partial charge in [0.1, 0.15) is 0 Å². The zero-order valence-corrected chi connectivity index (χ0v) is 44.6. The highest BCUT2D eigenvalue weighted by Gasteiger charge is 2.44. The highest BCUT2D eigenvalue weighted by atomic mass is 15.2. The van der Waals surface area contributed by atoms with E-state index in [2.05, 4.69) is 274 Å². The Morgan fingerprint density at radius 1 is 0.423 bits per heavy atom. The Bertz CT molecular complexity index is 4690. The van der Waals surface area contributed by atoms with Crippen molar-refractivity contribution in [3.05, 3.63) is 240 Å². The van der Waals surface area contributed by atoms with E-state index >= 15 is 0 Å². The van der Waals surface area contributed by atoms with Crippen molar-refractivity contribution in [3.63, 3.8) is 0 Å². The molecule has 13 aromatic rings. The average molecular weight is 996 g/mol. The first-order chi connectivity index (χ1) is 38.2. The maximum atomic E-state index is 4.25. The number of hydrogen-bond donors (Lipinski definition) is 1. The molecule has 0 spiro atoms. The number of aryl methyl sites for hydroxylation is 6. The molecule has 3 aliphatic rings. The van der Waals surface area contributed by atoms with Gasteiger partial charge >= 0.3 is 6.85 Å². The van der Waals surface area contributed by atoms with Gasteiger partial charge in [-0.1, -0.05) is 150 Å². The van der Waals surface area contributed by atoms with Crippen LogP contribution >= 0.6 is 0 Å². The van der Waals surface area contributed by atoms with E-state index < -0.39 is 0 Å². The SMILES string of the molecule is Cc1cc(C)c(-c2ccc3[nH]c4c(-c5cccc6c5[B]c5ccccc5N6c5ccccc5)c5c6cc(-c7c(C)cc(C)cc7C)ccc6n6c5c(c4c3c2)-c2cccc3c2B6c2ccccc2N3c2ccccc2)c(C)c1. The average Bonchev–Trinajstić information content (AvgIpc) is 2.45. The predicted molar refractivity (Wildman–Crippen MR) is 334 cm³/mol. The quantitative estimate of drug-likeness (QED) is 0.174. The lowest BCUT2D eigenvalue weighted by Gasteiger charge is -2.40. The van der Waals surface area contributed by atoms with Gasteiger partial charge in [-0.15, -0.1) is 0 Å². The molecule has 5 heterocycles. The van der Waals surface area contributed by atoms with Crippen molar-refractivity contribution in [2.75, 3.05) is 9.80 Å². The monoisotopic (exact) mass is 995 g/mol. The molecule has 0 saturated heterocycles. The van der Waals surface area contributed by atoms with Gasteiger partial charge in [-0.25, -0.2) is 0 Å². The largest absolute Gasteiger partial charge is 0.375 e. The number of aromatic nitrogens is 2. The van der Waals surface area contributed by atoms with Crippen molar-refractivity contribution in [2.45, 2.75) is 41.5 Å². The number of nitrogens with one attached hydrogen (secondary N) is 1. The Hall–Kier alpha value is -9.25. The van der Waals surface area contributed by atoms with E-state index in [1.54, 1.807) is 0 Å². The van der Waals surface area contributed by atoms with Crippen LogP contribution in [0.25, 0.3) is 88.1 Å². The van der Waals surface area contributed by atoms with Crippen LogP contribution in [0.3, 0.4) is 0 Å². The number of aromatic amines is 1. The van der Waals surface area contributed by atoms with Crippen molar-refractivity contribution in [1.29, 1.82) is 0 Å². The summed E-state index contributed by atoms with van der Waals surface area (Å²) < 4.78 is 2.76. The Labute approximate surface area is 456 Å². The number of rotatable bonds is 5. The van der Waals surface area contributed by atoms with E-state index in [4.69, 9.17) is 0 Å². The Morgan fingerprint density at radius 3 is 1.65 bits per heavy atom. The summed E-state index contributed by atoms with van der Waals surface area (Å²) in [4.78, 5) is 9.22. The summed E-state index contributed by atoms with van der Waals surface area (Å²) in [5.74, 6) is 0. The molecule has 367 valence electrons.